The Morgan fingerprint density at radius 3 is 2.76 bits per heavy atom. The maximum atomic E-state index is 11.5. The standard InChI is InChI=1S/C10H15N3O2S.ClH/c1-7(5-11)13-9(14)6-12-10(15)8-3-2-4-16-8;/h2-4,7H,5-6,11H2,1H3,(H,12,15)(H,13,14);1H/t7-;/m0./s1. The molecule has 7 heteroatoms. The highest BCUT2D eigenvalue weighted by Crippen LogP contribution is 2.07. The van der Waals surface area contributed by atoms with Gasteiger partial charge in [0.2, 0.25) is 5.91 Å². The van der Waals surface area contributed by atoms with E-state index in [9.17, 15) is 9.59 Å². The van der Waals surface area contributed by atoms with Crippen LogP contribution in [0.1, 0.15) is 16.6 Å². The van der Waals surface area contributed by atoms with Gasteiger partial charge in [-0.05, 0) is 18.4 Å². The number of hydrogen-bond acceptors (Lipinski definition) is 4. The zero-order chi connectivity index (χ0) is 12.0. The van der Waals surface area contributed by atoms with Crippen LogP contribution in [0.4, 0.5) is 0 Å². The summed E-state index contributed by atoms with van der Waals surface area (Å²) >= 11 is 1.34. The van der Waals surface area contributed by atoms with Crippen LogP contribution in [-0.4, -0.2) is 30.9 Å². The molecule has 4 N–H and O–H groups in total. The largest absolute Gasteiger partial charge is 0.351 e. The van der Waals surface area contributed by atoms with Crippen molar-refractivity contribution in [3.8, 4) is 0 Å². The van der Waals surface area contributed by atoms with E-state index in [1.807, 2.05) is 5.38 Å². The average Bonchev–Trinajstić information content (AvgIpc) is 2.79. The predicted octanol–water partition coefficient (Wildman–Crippen LogP) is 0.363. The highest BCUT2D eigenvalue weighted by Gasteiger charge is 2.09. The SMILES string of the molecule is C[C@@H](CN)NC(=O)CNC(=O)c1cccs1.Cl. The molecule has 1 aromatic rings. The van der Waals surface area contributed by atoms with Gasteiger partial charge in [-0.25, -0.2) is 0 Å². The van der Waals surface area contributed by atoms with Crippen molar-refractivity contribution in [2.45, 2.75) is 13.0 Å². The van der Waals surface area contributed by atoms with Gasteiger partial charge in [0.1, 0.15) is 0 Å². The van der Waals surface area contributed by atoms with Crippen LogP contribution in [0.25, 0.3) is 0 Å². The van der Waals surface area contributed by atoms with Crippen LogP contribution in [0, 0.1) is 0 Å². The first-order valence-corrected chi connectivity index (χ1v) is 5.82. The first-order valence-electron chi connectivity index (χ1n) is 4.94. The Labute approximate surface area is 110 Å². The molecule has 1 aromatic heterocycles. The highest BCUT2D eigenvalue weighted by molar-refractivity contribution is 7.12. The summed E-state index contributed by atoms with van der Waals surface area (Å²) in [5.74, 6) is -0.464. The Kier molecular flexibility index (Phi) is 7.53. The lowest BCUT2D eigenvalue weighted by Crippen LogP contribution is -2.43. The molecule has 0 spiro atoms. The van der Waals surface area contributed by atoms with Crippen LogP contribution in [0.2, 0.25) is 0 Å². The number of halogens is 1. The van der Waals surface area contributed by atoms with E-state index in [4.69, 9.17) is 5.73 Å². The highest BCUT2D eigenvalue weighted by atomic mass is 35.5. The van der Waals surface area contributed by atoms with Gasteiger partial charge in [0.05, 0.1) is 11.4 Å². The fourth-order valence-corrected chi connectivity index (χ4v) is 1.68. The second-order valence-corrected chi connectivity index (χ2v) is 4.31. The maximum absolute atomic E-state index is 11.5. The first-order chi connectivity index (χ1) is 7.63. The van der Waals surface area contributed by atoms with Crippen molar-refractivity contribution < 1.29 is 9.59 Å². The molecular weight excluding hydrogens is 262 g/mol. The molecule has 0 aliphatic rings. The monoisotopic (exact) mass is 277 g/mol. The van der Waals surface area contributed by atoms with Crippen molar-refractivity contribution in [1.82, 2.24) is 10.6 Å². The van der Waals surface area contributed by atoms with Crippen LogP contribution in [0.3, 0.4) is 0 Å². The van der Waals surface area contributed by atoms with Gasteiger partial charge < -0.3 is 16.4 Å². The van der Waals surface area contributed by atoms with Gasteiger partial charge in [-0.1, -0.05) is 6.07 Å². The molecule has 0 saturated carbocycles. The van der Waals surface area contributed by atoms with Crippen molar-refractivity contribution in [1.29, 1.82) is 0 Å². The van der Waals surface area contributed by atoms with E-state index in [2.05, 4.69) is 10.6 Å². The van der Waals surface area contributed by atoms with Gasteiger partial charge in [-0.3, -0.25) is 9.59 Å². The van der Waals surface area contributed by atoms with Crippen molar-refractivity contribution in [3.63, 3.8) is 0 Å². The zero-order valence-electron chi connectivity index (χ0n) is 9.43. The molecule has 0 saturated heterocycles. The summed E-state index contributed by atoms with van der Waals surface area (Å²) in [7, 11) is 0. The fourth-order valence-electron chi connectivity index (χ4n) is 1.04. The number of nitrogens with one attached hydrogen (secondary N) is 2. The fraction of sp³-hybridized carbons (Fsp3) is 0.400. The summed E-state index contributed by atoms with van der Waals surface area (Å²) in [5, 5.41) is 7.00. The topological polar surface area (TPSA) is 84.2 Å². The normalized spacial score (nSPS) is 11.2. The van der Waals surface area contributed by atoms with Crippen molar-refractivity contribution >= 4 is 35.6 Å². The molecule has 2 amide bonds. The summed E-state index contributed by atoms with van der Waals surface area (Å²) in [6, 6.07) is 3.42. The summed E-state index contributed by atoms with van der Waals surface area (Å²) in [5.41, 5.74) is 5.35. The summed E-state index contributed by atoms with van der Waals surface area (Å²) in [6.45, 7) is 2.16. The molecule has 5 nitrogen and oxygen atoms in total. The third kappa shape index (κ3) is 5.67. The Morgan fingerprint density at radius 1 is 1.53 bits per heavy atom. The van der Waals surface area contributed by atoms with Crippen LogP contribution in [-0.2, 0) is 4.79 Å². The van der Waals surface area contributed by atoms with Gasteiger partial charge in [-0.2, -0.15) is 0 Å². The Balaban J connectivity index is 0.00000256. The number of thiophene rings is 1. The summed E-state index contributed by atoms with van der Waals surface area (Å²) in [6.07, 6.45) is 0. The minimum absolute atomic E-state index is 0. The molecular formula is C10H16ClN3O2S. The number of carbonyl (C=O) groups excluding carboxylic acids is 2. The molecule has 0 aromatic carbocycles. The lowest BCUT2D eigenvalue weighted by Gasteiger charge is -2.11. The van der Waals surface area contributed by atoms with E-state index in [0.717, 1.165) is 0 Å². The van der Waals surface area contributed by atoms with E-state index in [1.54, 1.807) is 19.1 Å². The third-order valence-corrected chi connectivity index (χ3v) is 2.78. The van der Waals surface area contributed by atoms with Crippen LogP contribution < -0.4 is 16.4 Å². The number of nitrogens with two attached hydrogens (primary N) is 1. The first kappa shape index (κ1) is 15.9. The minimum atomic E-state index is -0.233. The predicted molar refractivity (Wildman–Crippen MR) is 70.6 cm³/mol. The summed E-state index contributed by atoms with van der Waals surface area (Å²) < 4.78 is 0. The van der Waals surface area contributed by atoms with Crippen LogP contribution in [0.15, 0.2) is 17.5 Å². The van der Waals surface area contributed by atoms with Gasteiger partial charge >= 0.3 is 0 Å². The molecule has 1 rings (SSSR count). The van der Waals surface area contributed by atoms with E-state index >= 15 is 0 Å². The summed E-state index contributed by atoms with van der Waals surface area (Å²) in [4.78, 5) is 23.4. The quantitative estimate of drug-likeness (QED) is 0.727. The van der Waals surface area contributed by atoms with E-state index in [0.29, 0.717) is 11.4 Å². The number of rotatable bonds is 5. The Hall–Kier alpha value is -1.11. The molecule has 1 atom stereocenters. The smallest absolute Gasteiger partial charge is 0.261 e. The second-order valence-electron chi connectivity index (χ2n) is 3.36. The van der Waals surface area contributed by atoms with E-state index in [1.165, 1.54) is 11.3 Å². The van der Waals surface area contributed by atoms with E-state index < -0.39 is 0 Å². The third-order valence-electron chi connectivity index (χ3n) is 1.92. The maximum Gasteiger partial charge on any atom is 0.261 e. The average molecular weight is 278 g/mol. The molecule has 0 aliphatic heterocycles. The molecule has 0 bridgehead atoms. The molecule has 0 radical (unpaired) electrons. The molecule has 17 heavy (non-hydrogen) atoms. The minimum Gasteiger partial charge on any atom is -0.351 e. The molecule has 0 fully saturated rings. The zero-order valence-corrected chi connectivity index (χ0v) is 11.1. The molecule has 1 heterocycles. The number of carbonyl (C=O) groups is 2. The van der Waals surface area contributed by atoms with Gasteiger partial charge in [-0.15, -0.1) is 23.7 Å². The lowest BCUT2D eigenvalue weighted by molar-refractivity contribution is -0.120. The molecule has 96 valence electrons. The Morgan fingerprint density at radius 2 is 2.24 bits per heavy atom. The number of amides is 2. The van der Waals surface area contributed by atoms with Gasteiger partial charge in [0.15, 0.2) is 0 Å². The second kappa shape index (κ2) is 8.05. The Bertz CT molecular complexity index is 356. The lowest BCUT2D eigenvalue weighted by atomic mass is 10.3. The van der Waals surface area contributed by atoms with Crippen LogP contribution >= 0.6 is 23.7 Å². The number of hydrogen-bond donors (Lipinski definition) is 3. The van der Waals surface area contributed by atoms with Crippen molar-refractivity contribution in [2.24, 2.45) is 5.73 Å². The van der Waals surface area contributed by atoms with Crippen molar-refractivity contribution in [2.75, 3.05) is 13.1 Å². The van der Waals surface area contributed by atoms with Gasteiger partial charge in [0.25, 0.3) is 5.91 Å². The van der Waals surface area contributed by atoms with Gasteiger partial charge in [0, 0.05) is 12.6 Å². The van der Waals surface area contributed by atoms with Crippen LogP contribution in [0.5, 0.6) is 0 Å². The van der Waals surface area contributed by atoms with E-state index in [-0.39, 0.29) is 36.8 Å². The molecule has 0 unspecified atom stereocenters. The molecule has 0 aliphatic carbocycles. The van der Waals surface area contributed by atoms with Crippen molar-refractivity contribution in [3.05, 3.63) is 22.4 Å².